The van der Waals surface area contributed by atoms with E-state index in [0.717, 1.165) is 47.2 Å². The van der Waals surface area contributed by atoms with Crippen LogP contribution >= 0.6 is 11.6 Å². The van der Waals surface area contributed by atoms with Gasteiger partial charge in [-0.2, -0.15) is 10.4 Å². The van der Waals surface area contributed by atoms with Crippen molar-refractivity contribution < 1.29 is 9.53 Å². The van der Waals surface area contributed by atoms with Crippen LogP contribution in [0.2, 0.25) is 5.02 Å². The third-order valence-electron chi connectivity index (χ3n) is 6.08. The van der Waals surface area contributed by atoms with Crippen LogP contribution in [0.25, 0.3) is 16.8 Å². The Morgan fingerprint density at radius 3 is 2.44 bits per heavy atom. The van der Waals surface area contributed by atoms with Crippen LogP contribution in [0.15, 0.2) is 72.8 Å². The summed E-state index contributed by atoms with van der Waals surface area (Å²) in [7, 11) is 0. The molecule has 0 amide bonds. The van der Waals surface area contributed by atoms with E-state index in [9.17, 15) is 10.1 Å². The van der Waals surface area contributed by atoms with Gasteiger partial charge >= 0.3 is 5.97 Å². The second-order valence-electron chi connectivity index (χ2n) is 8.49. The topological polar surface area (TPSA) is 67.9 Å². The van der Waals surface area contributed by atoms with E-state index in [1.54, 1.807) is 17.7 Å². The lowest BCUT2D eigenvalue weighted by Crippen LogP contribution is -2.14. The number of ether oxygens (including phenoxy) is 1. The van der Waals surface area contributed by atoms with E-state index in [2.05, 4.69) is 13.0 Å². The Balaban J connectivity index is 1.78. The lowest BCUT2D eigenvalue weighted by Gasteiger charge is -2.11. The highest BCUT2D eigenvalue weighted by molar-refractivity contribution is 6.32. The molecule has 0 spiro atoms. The predicted molar refractivity (Wildman–Crippen MR) is 143 cm³/mol. The number of unbranched alkanes of at least 4 members (excludes halogenated alkanes) is 1. The molecule has 0 unspecified atom stereocenters. The van der Waals surface area contributed by atoms with Gasteiger partial charge in [0.25, 0.3) is 0 Å². The van der Waals surface area contributed by atoms with E-state index >= 15 is 0 Å². The van der Waals surface area contributed by atoms with Gasteiger partial charge in [0.15, 0.2) is 5.69 Å². The van der Waals surface area contributed by atoms with Gasteiger partial charge in [-0.25, -0.2) is 9.48 Å². The first-order valence-corrected chi connectivity index (χ1v) is 12.6. The molecule has 0 atom stereocenters. The third kappa shape index (κ3) is 5.35. The first-order valence-electron chi connectivity index (χ1n) is 12.2. The van der Waals surface area contributed by atoms with E-state index in [1.807, 2.05) is 66.7 Å². The van der Waals surface area contributed by atoms with E-state index in [4.69, 9.17) is 21.4 Å². The number of carbonyl (C=O) groups excluding carboxylic acids is 1. The van der Waals surface area contributed by atoms with Crippen LogP contribution in [-0.4, -0.2) is 22.4 Å². The summed E-state index contributed by atoms with van der Waals surface area (Å²) in [4.78, 5) is 13.2. The number of nitrogens with zero attached hydrogens (tertiary/aromatic N) is 3. The Morgan fingerprint density at radius 1 is 1.03 bits per heavy atom. The molecule has 0 fully saturated rings. The Labute approximate surface area is 216 Å². The molecule has 1 aromatic heterocycles. The molecule has 182 valence electrons. The first kappa shape index (κ1) is 25.2. The minimum atomic E-state index is -0.415. The quantitative estimate of drug-likeness (QED) is 0.230. The molecular formula is C30H28ClN3O2. The zero-order valence-corrected chi connectivity index (χ0v) is 21.3. The van der Waals surface area contributed by atoms with Gasteiger partial charge in [0.2, 0.25) is 0 Å². The van der Waals surface area contributed by atoms with Gasteiger partial charge in [0, 0.05) is 12.0 Å². The minimum Gasteiger partial charge on any atom is -0.461 e. The first-order chi connectivity index (χ1) is 17.6. The monoisotopic (exact) mass is 497 g/mol. The maximum Gasteiger partial charge on any atom is 0.357 e. The number of nitriles is 1. The normalized spacial score (nSPS) is 10.7. The Kier molecular flexibility index (Phi) is 8.20. The molecule has 4 aromatic rings. The number of aryl methyl sites for hydroxylation is 1. The molecule has 0 saturated heterocycles. The van der Waals surface area contributed by atoms with Crippen LogP contribution < -0.4 is 0 Å². The van der Waals surface area contributed by atoms with Crippen molar-refractivity contribution >= 4 is 17.6 Å². The number of aromatic nitrogens is 2. The van der Waals surface area contributed by atoms with Crippen molar-refractivity contribution in [3.63, 3.8) is 0 Å². The van der Waals surface area contributed by atoms with Gasteiger partial charge < -0.3 is 4.74 Å². The average Bonchev–Trinajstić information content (AvgIpc) is 3.26. The van der Waals surface area contributed by atoms with Gasteiger partial charge in [0.05, 0.1) is 34.6 Å². The Bertz CT molecular complexity index is 1400. The number of para-hydroxylation sites is 1. The summed E-state index contributed by atoms with van der Waals surface area (Å²) in [6.07, 6.45) is 3.25. The number of hydrogen-bond donors (Lipinski definition) is 0. The smallest absolute Gasteiger partial charge is 0.357 e. The number of benzene rings is 3. The van der Waals surface area contributed by atoms with E-state index in [1.165, 1.54) is 0 Å². The van der Waals surface area contributed by atoms with Crippen molar-refractivity contribution in [1.29, 1.82) is 5.26 Å². The highest BCUT2D eigenvalue weighted by Crippen LogP contribution is 2.29. The molecular weight excluding hydrogens is 470 g/mol. The Hall–Kier alpha value is -3.88. The molecule has 0 N–H and O–H groups in total. The minimum absolute atomic E-state index is 0.267. The molecule has 3 aromatic carbocycles. The van der Waals surface area contributed by atoms with Gasteiger partial charge in [-0.3, -0.25) is 0 Å². The molecule has 0 aliphatic heterocycles. The highest BCUT2D eigenvalue weighted by atomic mass is 35.5. The summed E-state index contributed by atoms with van der Waals surface area (Å²) in [5, 5.41) is 14.8. The van der Waals surface area contributed by atoms with Gasteiger partial charge in [-0.15, -0.1) is 0 Å². The largest absolute Gasteiger partial charge is 0.461 e. The van der Waals surface area contributed by atoms with Crippen LogP contribution in [0.1, 0.15) is 59.6 Å². The lowest BCUT2D eigenvalue weighted by molar-refractivity contribution is 0.0514. The van der Waals surface area contributed by atoms with Crippen molar-refractivity contribution in [2.24, 2.45) is 0 Å². The molecule has 5 nitrogen and oxygen atoms in total. The standard InChI is InChI=1S/C30H28ClN3O2/c1-3-5-13-27-25(19-21-15-17-22(18-16-21)24-11-7-6-10-23(24)20-32)29(30(35)36-4-2)34(33-27)28-14-9-8-12-26(28)31/h6-12,14-18H,3-5,13,19H2,1-2H3. The predicted octanol–water partition coefficient (Wildman–Crippen LogP) is 7.17. The fourth-order valence-corrected chi connectivity index (χ4v) is 4.49. The van der Waals surface area contributed by atoms with Crippen molar-refractivity contribution in [2.45, 2.75) is 39.5 Å². The summed E-state index contributed by atoms with van der Waals surface area (Å²) in [6.45, 7) is 4.20. The van der Waals surface area contributed by atoms with E-state index in [0.29, 0.717) is 28.4 Å². The molecule has 0 radical (unpaired) electrons. The molecule has 0 aliphatic carbocycles. The molecule has 4 rings (SSSR count). The summed E-state index contributed by atoms with van der Waals surface area (Å²) < 4.78 is 7.09. The molecule has 0 saturated carbocycles. The maximum atomic E-state index is 13.2. The van der Waals surface area contributed by atoms with Crippen LogP contribution in [0.4, 0.5) is 0 Å². The van der Waals surface area contributed by atoms with Crippen molar-refractivity contribution in [2.75, 3.05) is 6.61 Å². The zero-order valence-electron chi connectivity index (χ0n) is 20.5. The molecule has 0 aliphatic rings. The van der Waals surface area contributed by atoms with Crippen LogP contribution in [0.5, 0.6) is 0 Å². The maximum absolute atomic E-state index is 13.2. The third-order valence-corrected chi connectivity index (χ3v) is 6.40. The number of rotatable bonds is 9. The highest BCUT2D eigenvalue weighted by Gasteiger charge is 2.26. The van der Waals surface area contributed by atoms with Gasteiger partial charge in [-0.05, 0) is 54.7 Å². The van der Waals surface area contributed by atoms with Crippen LogP contribution in [0.3, 0.4) is 0 Å². The SMILES string of the molecule is CCCCc1nn(-c2ccccc2Cl)c(C(=O)OCC)c1Cc1ccc(-c2ccccc2C#N)cc1. The van der Waals surface area contributed by atoms with E-state index in [-0.39, 0.29) is 6.61 Å². The van der Waals surface area contributed by atoms with Crippen LogP contribution in [0, 0.1) is 11.3 Å². The zero-order chi connectivity index (χ0) is 25.5. The number of esters is 1. The molecule has 36 heavy (non-hydrogen) atoms. The molecule has 0 bridgehead atoms. The average molecular weight is 498 g/mol. The van der Waals surface area contributed by atoms with Crippen molar-refractivity contribution in [1.82, 2.24) is 9.78 Å². The second-order valence-corrected chi connectivity index (χ2v) is 8.90. The summed E-state index contributed by atoms with van der Waals surface area (Å²) >= 11 is 6.50. The van der Waals surface area contributed by atoms with Crippen molar-refractivity contribution in [3.05, 3.63) is 106 Å². The fourth-order valence-electron chi connectivity index (χ4n) is 4.27. The second kappa shape index (κ2) is 11.7. The molecule has 6 heteroatoms. The van der Waals surface area contributed by atoms with E-state index < -0.39 is 5.97 Å². The molecule has 1 heterocycles. The number of carbonyl (C=O) groups is 1. The number of halogens is 1. The van der Waals surface area contributed by atoms with Crippen molar-refractivity contribution in [3.8, 4) is 22.9 Å². The fraction of sp³-hybridized carbons (Fsp3) is 0.233. The Morgan fingerprint density at radius 2 is 1.75 bits per heavy atom. The van der Waals surface area contributed by atoms with Gasteiger partial charge in [-0.1, -0.05) is 79.5 Å². The number of hydrogen-bond acceptors (Lipinski definition) is 4. The lowest BCUT2D eigenvalue weighted by atomic mass is 9.96. The summed E-state index contributed by atoms with van der Waals surface area (Å²) in [6, 6.07) is 25.3. The van der Waals surface area contributed by atoms with Gasteiger partial charge in [0.1, 0.15) is 0 Å². The van der Waals surface area contributed by atoms with Crippen LogP contribution in [-0.2, 0) is 17.6 Å². The summed E-state index contributed by atoms with van der Waals surface area (Å²) in [5.74, 6) is -0.415. The summed E-state index contributed by atoms with van der Waals surface area (Å²) in [5.41, 5.74) is 6.33.